The van der Waals surface area contributed by atoms with E-state index in [9.17, 15) is 0 Å². The predicted octanol–water partition coefficient (Wildman–Crippen LogP) is 3.39. The smallest absolute Gasteiger partial charge is 0.0860 e. The van der Waals surface area contributed by atoms with Gasteiger partial charge in [0.25, 0.3) is 0 Å². The van der Waals surface area contributed by atoms with Gasteiger partial charge in [-0.1, -0.05) is 32.4 Å². The van der Waals surface area contributed by atoms with Gasteiger partial charge in [-0.25, -0.2) is 0 Å². The highest BCUT2D eigenvalue weighted by Crippen LogP contribution is 2.21. The molecule has 4 heteroatoms. The molecule has 1 N–H and O–H groups in total. The van der Waals surface area contributed by atoms with Crippen molar-refractivity contribution in [1.82, 2.24) is 15.1 Å². The fourth-order valence-corrected chi connectivity index (χ4v) is 1.88. The lowest BCUT2D eigenvalue weighted by Gasteiger charge is -2.23. The fourth-order valence-electron chi connectivity index (χ4n) is 1.68. The molecule has 0 saturated heterocycles. The molecule has 0 amide bonds. The van der Waals surface area contributed by atoms with E-state index in [1.54, 1.807) is 0 Å². The Bertz CT molecular complexity index is 369. The summed E-state index contributed by atoms with van der Waals surface area (Å²) >= 11 is 6.25. The molecule has 0 spiro atoms. The van der Waals surface area contributed by atoms with Crippen molar-refractivity contribution in [2.75, 3.05) is 6.54 Å². The van der Waals surface area contributed by atoms with Gasteiger partial charge in [-0.2, -0.15) is 5.10 Å². The average molecular weight is 258 g/mol. The number of nitrogens with one attached hydrogen (secondary N) is 1. The number of aromatic nitrogens is 2. The summed E-state index contributed by atoms with van der Waals surface area (Å²) in [5.74, 6) is 0. The first-order valence-electron chi connectivity index (χ1n) is 6.33. The summed E-state index contributed by atoms with van der Waals surface area (Å²) in [6.45, 7) is 13.4. The Morgan fingerprint density at radius 2 is 2.00 bits per heavy atom. The number of nitrogens with zero attached hydrogens (tertiary/aromatic N) is 2. The molecular formula is C13H24ClN3. The minimum absolute atomic E-state index is 0.332. The molecule has 17 heavy (non-hydrogen) atoms. The third kappa shape index (κ3) is 3.71. The van der Waals surface area contributed by atoms with Gasteiger partial charge in [-0.15, -0.1) is 0 Å². The van der Waals surface area contributed by atoms with E-state index in [1.165, 1.54) is 6.42 Å². The van der Waals surface area contributed by atoms with Crippen LogP contribution in [0.2, 0.25) is 5.02 Å². The Morgan fingerprint density at radius 1 is 1.35 bits per heavy atom. The lowest BCUT2D eigenvalue weighted by atomic mass is 9.90. The maximum Gasteiger partial charge on any atom is 0.0860 e. The molecule has 1 aromatic rings. The lowest BCUT2D eigenvalue weighted by Crippen LogP contribution is -2.29. The normalized spacial score (nSPS) is 12.1. The molecule has 1 rings (SSSR count). The molecule has 0 radical (unpaired) electrons. The molecule has 1 heterocycles. The van der Waals surface area contributed by atoms with Crippen molar-refractivity contribution < 1.29 is 0 Å². The monoisotopic (exact) mass is 257 g/mol. The summed E-state index contributed by atoms with van der Waals surface area (Å²) in [5, 5.41) is 8.68. The first-order valence-corrected chi connectivity index (χ1v) is 6.71. The van der Waals surface area contributed by atoms with Crippen LogP contribution >= 0.6 is 11.6 Å². The van der Waals surface area contributed by atoms with E-state index < -0.39 is 0 Å². The van der Waals surface area contributed by atoms with Gasteiger partial charge >= 0.3 is 0 Å². The topological polar surface area (TPSA) is 29.9 Å². The molecular weight excluding hydrogens is 234 g/mol. The Labute approximate surface area is 110 Å². The quantitative estimate of drug-likeness (QED) is 0.847. The number of rotatable bonds is 6. The van der Waals surface area contributed by atoms with Crippen LogP contribution in [0.1, 0.15) is 45.5 Å². The molecule has 0 aliphatic rings. The van der Waals surface area contributed by atoms with Gasteiger partial charge in [0.15, 0.2) is 0 Å². The minimum atomic E-state index is 0.332. The summed E-state index contributed by atoms with van der Waals surface area (Å²) in [4.78, 5) is 0. The van der Waals surface area contributed by atoms with Crippen molar-refractivity contribution in [3.63, 3.8) is 0 Å². The number of hydrogen-bond donors (Lipinski definition) is 1. The molecule has 0 atom stereocenters. The molecule has 0 aliphatic carbocycles. The summed E-state index contributed by atoms with van der Waals surface area (Å²) in [5.41, 5.74) is 2.34. The van der Waals surface area contributed by atoms with E-state index in [0.717, 1.165) is 36.0 Å². The highest BCUT2D eigenvalue weighted by molar-refractivity contribution is 6.31. The molecule has 3 nitrogen and oxygen atoms in total. The Hall–Kier alpha value is -0.540. The van der Waals surface area contributed by atoms with Gasteiger partial charge in [0, 0.05) is 19.6 Å². The number of hydrogen-bond acceptors (Lipinski definition) is 2. The van der Waals surface area contributed by atoms with E-state index in [-0.39, 0.29) is 0 Å². The highest BCUT2D eigenvalue weighted by Gasteiger charge is 2.16. The molecule has 0 saturated carbocycles. The van der Waals surface area contributed by atoms with Crippen LogP contribution in [0, 0.1) is 12.3 Å². The van der Waals surface area contributed by atoms with Gasteiger partial charge in [0.05, 0.1) is 16.4 Å². The van der Waals surface area contributed by atoms with Crippen LogP contribution in [0.4, 0.5) is 0 Å². The Morgan fingerprint density at radius 3 is 2.53 bits per heavy atom. The summed E-state index contributed by atoms with van der Waals surface area (Å²) < 4.78 is 1.98. The summed E-state index contributed by atoms with van der Waals surface area (Å²) in [7, 11) is 0. The van der Waals surface area contributed by atoms with Crippen molar-refractivity contribution in [2.24, 2.45) is 5.41 Å². The zero-order valence-electron chi connectivity index (χ0n) is 11.6. The van der Waals surface area contributed by atoms with Crippen molar-refractivity contribution in [3.8, 4) is 0 Å². The zero-order chi connectivity index (χ0) is 13.1. The van der Waals surface area contributed by atoms with Crippen LogP contribution in [0.25, 0.3) is 0 Å². The molecule has 98 valence electrons. The van der Waals surface area contributed by atoms with Crippen LogP contribution < -0.4 is 5.32 Å². The first kappa shape index (κ1) is 14.5. The van der Waals surface area contributed by atoms with E-state index >= 15 is 0 Å². The van der Waals surface area contributed by atoms with Crippen molar-refractivity contribution >= 4 is 11.6 Å². The number of halogens is 1. The van der Waals surface area contributed by atoms with E-state index in [1.807, 2.05) is 11.6 Å². The van der Waals surface area contributed by atoms with Crippen molar-refractivity contribution in [2.45, 2.75) is 54.1 Å². The molecule has 0 fully saturated rings. The molecule has 1 aromatic heterocycles. The second kappa shape index (κ2) is 5.87. The van der Waals surface area contributed by atoms with Crippen LogP contribution in [0.3, 0.4) is 0 Å². The maximum atomic E-state index is 6.25. The van der Waals surface area contributed by atoms with Crippen LogP contribution in [0.5, 0.6) is 0 Å². The zero-order valence-corrected chi connectivity index (χ0v) is 12.4. The minimum Gasteiger partial charge on any atom is -0.311 e. The van der Waals surface area contributed by atoms with Crippen LogP contribution in [-0.2, 0) is 13.1 Å². The standard InChI is InChI=1S/C13H24ClN3/c1-6-13(4,5)9-15-8-11-12(14)10(3)16-17(11)7-2/h15H,6-9H2,1-5H3. The van der Waals surface area contributed by atoms with Gasteiger partial charge in [0.2, 0.25) is 0 Å². The highest BCUT2D eigenvalue weighted by atomic mass is 35.5. The Balaban J connectivity index is 2.63. The van der Waals surface area contributed by atoms with Gasteiger partial charge in [-0.3, -0.25) is 4.68 Å². The molecule has 0 bridgehead atoms. The summed E-state index contributed by atoms with van der Waals surface area (Å²) in [6, 6.07) is 0. The van der Waals surface area contributed by atoms with Gasteiger partial charge in [-0.05, 0) is 25.7 Å². The fraction of sp³-hybridized carbons (Fsp3) is 0.769. The molecule has 0 aliphatic heterocycles. The number of aryl methyl sites for hydroxylation is 2. The lowest BCUT2D eigenvalue weighted by molar-refractivity contribution is 0.325. The van der Waals surface area contributed by atoms with Gasteiger partial charge < -0.3 is 5.32 Å². The van der Waals surface area contributed by atoms with E-state index in [0.29, 0.717) is 5.41 Å². The third-order valence-electron chi connectivity index (χ3n) is 3.31. The van der Waals surface area contributed by atoms with Crippen molar-refractivity contribution in [1.29, 1.82) is 0 Å². The van der Waals surface area contributed by atoms with E-state index in [2.05, 4.69) is 38.1 Å². The SMILES string of the molecule is CCn1nc(C)c(Cl)c1CNCC(C)(C)CC. The second-order valence-electron chi connectivity index (χ2n) is 5.28. The summed E-state index contributed by atoms with van der Waals surface area (Å²) in [6.07, 6.45) is 1.17. The largest absolute Gasteiger partial charge is 0.311 e. The van der Waals surface area contributed by atoms with Crippen molar-refractivity contribution in [3.05, 3.63) is 16.4 Å². The van der Waals surface area contributed by atoms with Crippen LogP contribution in [0.15, 0.2) is 0 Å². The van der Waals surface area contributed by atoms with Crippen LogP contribution in [-0.4, -0.2) is 16.3 Å². The van der Waals surface area contributed by atoms with Gasteiger partial charge in [0.1, 0.15) is 0 Å². The van der Waals surface area contributed by atoms with E-state index in [4.69, 9.17) is 11.6 Å². The Kier molecular flexibility index (Phi) is 5.02. The molecule has 0 aromatic carbocycles. The molecule has 0 unspecified atom stereocenters. The third-order valence-corrected chi connectivity index (χ3v) is 3.80. The predicted molar refractivity (Wildman–Crippen MR) is 73.4 cm³/mol. The second-order valence-corrected chi connectivity index (χ2v) is 5.66. The first-order chi connectivity index (χ1) is 7.91. The maximum absolute atomic E-state index is 6.25. The average Bonchev–Trinajstić information content (AvgIpc) is 2.56.